The Labute approximate surface area is 128 Å². The molecule has 7 heteroatoms. The monoisotopic (exact) mass is 324 g/mol. The van der Waals surface area contributed by atoms with Gasteiger partial charge in [0.2, 0.25) is 0 Å². The van der Waals surface area contributed by atoms with E-state index in [2.05, 4.69) is 4.98 Å². The highest BCUT2D eigenvalue weighted by molar-refractivity contribution is 8.01. The van der Waals surface area contributed by atoms with Crippen molar-refractivity contribution in [2.24, 2.45) is 0 Å². The van der Waals surface area contributed by atoms with Crippen molar-refractivity contribution < 1.29 is 13.5 Å². The third-order valence-corrected chi connectivity index (χ3v) is 4.42. The van der Waals surface area contributed by atoms with Crippen molar-refractivity contribution in [3.05, 3.63) is 48.2 Å². The summed E-state index contributed by atoms with van der Waals surface area (Å²) in [4.78, 5) is 4.11. The van der Waals surface area contributed by atoms with Crippen LogP contribution in [0.4, 0.5) is 8.78 Å². The second-order valence-corrected chi connectivity index (χ2v) is 6.20. The molecule has 0 amide bonds. The number of hydrogen-bond donors (Lipinski definition) is 0. The lowest BCUT2D eigenvalue weighted by Gasteiger charge is -2.00. The van der Waals surface area contributed by atoms with Gasteiger partial charge >= 0.3 is 0 Å². The Morgan fingerprint density at radius 1 is 1.38 bits per heavy atom. The maximum absolute atomic E-state index is 11.9. The molecule has 0 aliphatic carbocycles. The van der Waals surface area contributed by atoms with Gasteiger partial charge in [-0.2, -0.15) is 14.0 Å². The van der Waals surface area contributed by atoms with Crippen LogP contribution in [0.1, 0.15) is 12.0 Å². The van der Waals surface area contributed by atoms with Gasteiger partial charge in [0.25, 0.3) is 11.3 Å². The molecule has 0 spiro atoms. The Hall–Kier alpha value is -1.91. The quantitative estimate of drug-likeness (QED) is 0.550. The van der Waals surface area contributed by atoms with E-state index in [9.17, 15) is 8.78 Å². The maximum atomic E-state index is 11.9. The fourth-order valence-electron chi connectivity index (χ4n) is 1.38. The number of halogens is 2. The minimum atomic E-state index is -1.65. The van der Waals surface area contributed by atoms with Crippen LogP contribution >= 0.6 is 23.1 Å². The molecule has 2 aromatic rings. The van der Waals surface area contributed by atoms with E-state index in [1.807, 2.05) is 6.07 Å². The number of thioether (sulfide) groups is 1. The van der Waals surface area contributed by atoms with Crippen molar-refractivity contribution >= 4 is 23.1 Å². The Balaban J connectivity index is 1.87. The molecular formula is C14H10F2N2OS2. The molecule has 0 fully saturated rings. The Morgan fingerprint density at radius 2 is 2.14 bits per heavy atom. The second kappa shape index (κ2) is 7.76. The predicted octanol–water partition coefficient (Wildman–Crippen LogP) is 5.07. The van der Waals surface area contributed by atoms with Gasteiger partial charge < -0.3 is 4.74 Å². The van der Waals surface area contributed by atoms with Crippen LogP contribution in [0.2, 0.25) is 0 Å². The molecule has 0 N–H and O–H groups in total. The molecule has 0 atom stereocenters. The average molecular weight is 324 g/mol. The van der Waals surface area contributed by atoms with Crippen molar-refractivity contribution in [2.75, 3.05) is 5.75 Å². The van der Waals surface area contributed by atoms with E-state index < -0.39 is 6.08 Å². The predicted molar refractivity (Wildman–Crippen MR) is 79.0 cm³/mol. The van der Waals surface area contributed by atoms with Gasteiger partial charge in [-0.05, 0) is 36.8 Å². The number of hydrogen-bond acceptors (Lipinski definition) is 5. The fourth-order valence-corrected chi connectivity index (χ4v) is 3.17. The molecule has 0 bridgehead atoms. The van der Waals surface area contributed by atoms with Gasteiger partial charge in [0.1, 0.15) is 5.75 Å². The third kappa shape index (κ3) is 5.17. The third-order valence-electron chi connectivity index (χ3n) is 2.31. The van der Waals surface area contributed by atoms with E-state index >= 15 is 0 Å². The zero-order chi connectivity index (χ0) is 15.1. The summed E-state index contributed by atoms with van der Waals surface area (Å²) in [6, 6.07) is 8.75. The van der Waals surface area contributed by atoms with Gasteiger partial charge in [-0.1, -0.05) is 11.3 Å². The van der Waals surface area contributed by atoms with Crippen molar-refractivity contribution in [3.8, 4) is 17.0 Å². The lowest BCUT2D eigenvalue weighted by molar-refractivity contribution is 0.418. The number of nitriles is 1. The summed E-state index contributed by atoms with van der Waals surface area (Å²) in [5.41, 5.74) is 0.561. The zero-order valence-electron chi connectivity index (χ0n) is 10.8. The molecule has 0 saturated carbocycles. The number of aromatic nitrogens is 1. The van der Waals surface area contributed by atoms with Gasteiger partial charge in [0.15, 0.2) is 0 Å². The summed E-state index contributed by atoms with van der Waals surface area (Å²) >= 11 is 2.81. The first-order valence-electron chi connectivity index (χ1n) is 5.95. The van der Waals surface area contributed by atoms with Gasteiger partial charge in [-0.3, -0.25) is 0 Å². The van der Waals surface area contributed by atoms with Crippen LogP contribution in [0.25, 0.3) is 0 Å². The van der Waals surface area contributed by atoms with Crippen LogP contribution < -0.4 is 4.74 Å². The largest absolute Gasteiger partial charge is 0.431 e. The summed E-state index contributed by atoms with van der Waals surface area (Å²) in [5.74, 6) is 1.16. The first-order chi connectivity index (χ1) is 10.2. The molecule has 108 valence electrons. The Kier molecular flexibility index (Phi) is 5.72. The molecule has 0 saturated heterocycles. The van der Waals surface area contributed by atoms with Crippen molar-refractivity contribution in [1.82, 2.24) is 4.98 Å². The smallest absolute Gasteiger partial charge is 0.279 e. The lowest BCUT2D eigenvalue weighted by atomic mass is 10.2. The minimum Gasteiger partial charge on any atom is -0.431 e. The fraction of sp³-hybridized carbons (Fsp3) is 0.143. The van der Waals surface area contributed by atoms with E-state index in [1.54, 1.807) is 30.5 Å². The first kappa shape index (κ1) is 15.5. The second-order valence-electron chi connectivity index (χ2n) is 3.81. The van der Waals surface area contributed by atoms with E-state index in [0.29, 0.717) is 28.7 Å². The Bertz CT molecular complexity index is 658. The number of nitrogens with zero attached hydrogens (tertiary/aromatic N) is 2. The average Bonchev–Trinajstić information content (AvgIpc) is 2.92. The topological polar surface area (TPSA) is 45.9 Å². The summed E-state index contributed by atoms with van der Waals surface area (Å²) in [6.07, 6.45) is 1.23. The van der Waals surface area contributed by atoms with Crippen molar-refractivity contribution in [3.63, 3.8) is 0 Å². The van der Waals surface area contributed by atoms with Crippen LogP contribution in [-0.4, -0.2) is 10.7 Å². The van der Waals surface area contributed by atoms with Crippen LogP contribution in [0.15, 0.2) is 46.8 Å². The summed E-state index contributed by atoms with van der Waals surface area (Å²) < 4.78 is 30.2. The standard InChI is InChI=1S/C14H10F2N2OS2/c15-12(16)2-1-7-20-13-9-18-14(21-13)19-11-5-3-10(8-17)4-6-11/h2-6,9H,1,7H2. The zero-order valence-corrected chi connectivity index (χ0v) is 12.4. The van der Waals surface area contributed by atoms with E-state index in [0.717, 1.165) is 10.3 Å². The molecule has 1 aromatic carbocycles. The molecule has 21 heavy (non-hydrogen) atoms. The molecule has 1 aromatic heterocycles. The van der Waals surface area contributed by atoms with Crippen molar-refractivity contribution in [2.45, 2.75) is 10.6 Å². The lowest BCUT2D eigenvalue weighted by Crippen LogP contribution is -1.82. The van der Waals surface area contributed by atoms with Crippen LogP contribution in [0.3, 0.4) is 0 Å². The molecule has 1 heterocycles. The highest BCUT2D eigenvalue weighted by Crippen LogP contribution is 2.32. The van der Waals surface area contributed by atoms with E-state index in [1.165, 1.54) is 23.1 Å². The molecule has 0 unspecified atom stereocenters. The highest BCUT2D eigenvalue weighted by atomic mass is 32.2. The molecule has 2 rings (SSSR count). The molecule has 0 aliphatic rings. The number of ether oxygens (including phenoxy) is 1. The molecule has 0 radical (unpaired) electrons. The number of rotatable bonds is 6. The summed E-state index contributed by atoms with van der Waals surface area (Å²) in [7, 11) is 0. The summed E-state index contributed by atoms with van der Waals surface area (Å²) in [5, 5.41) is 9.18. The van der Waals surface area contributed by atoms with Gasteiger partial charge in [0.05, 0.1) is 22.0 Å². The van der Waals surface area contributed by atoms with E-state index in [4.69, 9.17) is 10.00 Å². The van der Waals surface area contributed by atoms with Crippen molar-refractivity contribution in [1.29, 1.82) is 5.26 Å². The van der Waals surface area contributed by atoms with Crippen LogP contribution in [0.5, 0.6) is 10.9 Å². The van der Waals surface area contributed by atoms with Gasteiger partial charge in [0, 0.05) is 5.75 Å². The Morgan fingerprint density at radius 3 is 2.81 bits per heavy atom. The van der Waals surface area contributed by atoms with Crippen LogP contribution in [-0.2, 0) is 0 Å². The molecule has 0 aliphatic heterocycles. The molecular weight excluding hydrogens is 314 g/mol. The SMILES string of the molecule is N#Cc1ccc(Oc2ncc(SCCC=C(F)F)s2)cc1. The normalized spacial score (nSPS) is 9.95. The summed E-state index contributed by atoms with van der Waals surface area (Å²) in [6.45, 7) is 0. The number of allylic oxidation sites excluding steroid dienone is 1. The minimum absolute atomic E-state index is 0.316. The van der Waals surface area contributed by atoms with Gasteiger partial charge in [-0.25, -0.2) is 4.98 Å². The molecule has 3 nitrogen and oxygen atoms in total. The van der Waals surface area contributed by atoms with E-state index in [-0.39, 0.29) is 0 Å². The van der Waals surface area contributed by atoms with Gasteiger partial charge in [-0.15, -0.1) is 11.8 Å². The first-order valence-corrected chi connectivity index (χ1v) is 7.75. The highest BCUT2D eigenvalue weighted by Gasteiger charge is 2.05. The number of thiazole rings is 1. The van der Waals surface area contributed by atoms with Crippen LogP contribution in [0, 0.1) is 11.3 Å². The number of benzene rings is 1. The maximum Gasteiger partial charge on any atom is 0.279 e.